The number of ether oxygens (including phenoxy) is 1. The first-order valence-corrected chi connectivity index (χ1v) is 11.0. The normalized spacial score (nSPS) is 17.7. The molecule has 2 atom stereocenters. The third-order valence-electron chi connectivity index (χ3n) is 6.00. The molecule has 7 nitrogen and oxygen atoms in total. The van der Waals surface area contributed by atoms with Crippen LogP contribution < -0.4 is 4.74 Å². The summed E-state index contributed by atoms with van der Waals surface area (Å²) in [6.45, 7) is 2.30. The molecule has 0 bridgehead atoms. The predicted molar refractivity (Wildman–Crippen MR) is 123 cm³/mol. The van der Waals surface area contributed by atoms with Crippen LogP contribution in [0, 0.1) is 24.4 Å². The molecule has 1 N–H and O–H groups in total. The van der Waals surface area contributed by atoms with Gasteiger partial charge in [0.15, 0.2) is 23.3 Å². The van der Waals surface area contributed by atoms with Gasteiger partial charge in [-0.25, -0.2) is 27.8 Å². The highest BCUT2D eigenvalue weighted by Gasteiger charge is 2.34. The maximum Gasteiger partial charge on any atom is 0.194 e. The van der Waals surface area contributed by atoms with Gasteiger partial charge in [0, 0.05) is 12.7 Å². The summed E-state index contributed by atoms with van der Waals surface area (Å²) in [7, 11) is 1.59. The summed E-state index contributed by atoms with van der Waals surface area (Å²) in [4.78, 5) is 8.73. The summed E-state index contributed by atoms with van der Waals surface area (Å²) in [6, 6.07) is 7.48. The predicted octanol–water partition coefficient (Wildman–Crippen LogP) is 4.27. The summed E-state index contributed by atoms with van der Waals surface area (Å²) in [5.41, 5.74) is 2.68. The second-order valence-electron chi connectivity index (χ2n) is 8.37. The molecule has 1 aliphatic rings. The molecule has 10 heteroatoms. The lowest BCUT2D eigenvalue weighted by Crippen LogP contribution is -2.30. The molecule has 4 aromatic rings. The minimum Gasteiger partial charge on any atom is -0.495 e. The number of benzene rings is 2. The number of fused-ring (bicyclic) bond motifs is 1. The molecule has 180 valence electrons. The van der Waals surface area contributed by atoms with Crippen LogP contribution in [0.15, 0.2) is 42.9 Å². The average molecular weight is 481 g/mol. The van der Waals surface area contributed by atoms with E-state index in [0.29, 0.717) is 30.4 Å². The van der Waals surface area contributed by atoms with E-state index < -0.39 is 29.5 Å². The highest BCUT2D eigenvalue weighted by Crippen LogP contribution is 2.34. The number of hydrogen-bond donors (Lipinski definition) is 1. The van der Waals surface area contributed by atoms with Crippen LogP contribution in [0.4, 0.5) is 13.2 Å². The van der Waals surface area contributed by atoms with Crippen molar-refractivity contribution in [2.24, 2.45) is 0 Å². The van der Waals surface area contributed by atoms with E-state index >= 15 is 0 Å². The van der Waals surface area contributed by atoms with E-state index in [9.17, 15) is 18.3 Å². The second kappa shape index (κ2) is 9.03. The first-order chi connectivity index (χ1) is 16.8. The van der Waals surface area contributed by atoms with Gasteiger partial charge in [-0.15, -0.1) is 0 Å². The number of rotatable bonds is 5. The van der Waals surface area contributed by atoms with E-state index in [1.807, 2.05) is 42.0 Å². The van der Waals surface area contributed by atoms with Gasteiger partial charge in [-0.05, 0) is 54.8 Å². The van der Waals surface area contributed by atoms with Gasteiger partial charge in [-0.2, -0.15) is 5.10 Å². The smallest absolute Gasteiger partial charge is 0.194 e. The van der Waals surface area contributed by atoms with Crippen LogP contribution in [0.3, 0.4) is 0 Å². The van der Waals surface area contributed by atoms with Gasteiger partial charge in [-0.1, -0.05) is 12.1 Å². The number of halogens is 3. The van der Waals surface area contributed by atoms with Gasteiger partial charge in [0.2, 0.25) is 0 Å². The van der Waals surface area contributed by atoms with Crippen LogP contribution >= 0.6 is 0 Å². The van der Waals surface area contributed by atoms with Crippen LogP contribution in [-0.4, -0.2) is 42.6 Å². The van der Waals surface area contributed by atoms with E-state index in [0.717, 1.165) is 29.1 Å². The molecule has 3 heterocycles. The number of aromatic nitrogens is 5. The van der Waals surface area contributed by atoms with Crippen molar-refractivity contribution in [2.45, 2.75) is 31.9 Å². The maximum atomic E-state index is 13.8. The standard InChI is InChI=1S/C25H22F3N5O2/c1-14-12-32(13-29-14)19-5-3-15(9-21(19)35-2)4-6-22-30-25-23(20(34)7-8-33(25)31-22)16-10-17(26)24(28)18(27)11-16/h3-6,9-13,20,23,34H,7-8H2,1-2H3/b6-4+/t20-,23-/m1/s1. The van der Waals surface area contributed by atoms with Gasteiger partial charge in [0.25, 0.3) is 0 Å². The van der Waals surface area contributed by atoms with Gasteiger partial charge >= 0.3 is 0 Å². The molecule has 0 spiro atoms. The van der Waals surface area contributed by atoms with Gasteiger partial charge in [-0.3, -0.25) is 0 Å². The molecule has 2 aromatic carbocycles. The van der Waals surface area contributed by atoms with Crippen molar-refractivity contribution in [3.63, 3.8) is 0 Å². The molecule has 5 rings (SSSR count). The Morgan fingerprint density at radius 2 is 1.89 bits per heavy atom. The number of aliphatic hydroxyl groups is 1. The molecule has 0 saturated heterocycles. The third-order valence-corrected chi connectivity index (χ3v) is 6.00. The fourth-order valence-electron chi connectivity index (χ4n) is 4.29. The molecule has 35 heavy (non-hydrogen) atoms. The summed E-state index contributed by atoms with van der Waals surface area (Å²) < 4.78 is 50.1. The molecule has 0 saturated carbocycles. The largest absolute Gasteiger partial charge is 0.495 e. The fraction of sp³-hybridized carbons (Fsp3) is 0.240. The summed E-state index contributed by atoms with van der Waals surface area (Å²) >= 11 is 0. The minimum atomic E-state index is -1.55. The summed E-state index contributed by atoms with van der Waals surface area (Å²) in [6.07, 6.45) is 6.52. The Labute approximate surface area is 199 Å². The van der Waals surface area contributed by atoms with Crippen LogP contribution in [0.2, 0.25) is 0 Å². The Balaban J connectivity index is 1.44. The molecule has 0 fully saturated rings. The molecule has 1 aliphatic heterocycles. The number of aryl methyl sites for hydroxylation is 2. The molecule has 0 radical (unpaired) electrons. The van der Waals surface area contributed by atoms with E-state index in [2.05, 4.69) is 15.1 Å². The first-order valence-electron chi connectivity index (χ1n) is 11.0. The number of nitrogens with zero attached hydrogens (tertiary/aromatic N) is 5. The van der Waals surface area contributed by atoms with Crippen molar-refractivity contribution in [1.82, 2.24) is 24.3 Å². The zero-order valence-corrected chi connectivity index (χ0v) is 19.0. The Kier molecular flexibility index (Phi) is 5.89. The lowest BCUT2D eigenvalue weighted by Gasteiger charge is -2.27. The van der Waals surface area contributed by atoms with Crippen molar-refractivity contribution in [1.29, 1.82) is 0 Å². The van der Waals surface area contributed by atoms with E-state index in [1.54, 1.807) is 24.2 Å². The quantitative estimate of drug-likeness (QED) is 0.431. The number of aliphatic hydroxyl groups excluding tert-OH is 1. The first kappa shape index (κ1) is 22.9. The van der Waals surface area contributed by atoms with Gasteiger partial charge < -0.3 is 14.4 Å². The lowest BCUT2D eigenvalue weighted by atomic mass is 9.88. The fourth-order valence-corrected chi connectivity index (χ4v) is 4.29. The highest BCUT2D eigenvalue weighted by atomic mass is 19.2. The number of imidazole rings is 1. The second-order valence-corrected chi connectivity index (χ2v) is 8.37. The molecule has 0 aliphatic carbocycles. The molecule has 0 amide bonds. The summed E-state index contributed by atoms with van der Waals surface area (Å²) in [5, 5.41) is 15.0. The van der Waals surface area contributed by atoms with Crippen molar-refractivity contribution in [3.8, 4) is 11.4 Å². The third kappa shape index (κ3) is 4.32. The van der Waals surface area contributed by atoms with E-state index in [-0.39, 0.29) is 5.56 Å². The van der Waals surface area contributed by atoms with Crippen LogP contribution in [0.1, 0.15) is 40.8 Å². The van der Waals surface area contributed by atoms with Crippen LogP contribution in [-0.2, 0) is 6.54 Å². The zero-order chi connectivity index (χ0) is 24.7. The molecular weight excluding hydrogens is 459 g/mol. The van der Waals surface area contributed by atoms with Crippen molar-refractivity contribution >= 4 is 12.2 Å². The Morgan fingerprint density at radius 3 is 2.57 bits per heavy atom. The van der Waals surface area contributed by atoms with Crippen LogP contribution in [0.25, 0.3) is 17.8 Å². The Morgan fingerprint density at radius 1 is 1.11 bits per heavy atom. The SMILES string of the molecule is COc1cc(/C=C/c2nc3n(n2)CC[C@@H](O)[C@H]3c2cc(F)c(F)c(F)c2)ccc1-n1cnc(C)c1. The Bertz CT molecular complexity index is 1410. The number of hydrogen-bond acceptors (Lipinski definition) is 5. The molecule has 0 unspecified atom stereocenters. The zero-order valence-electron chi connectivity index (χ0n) is 19.0. The lowest BCUT2D eigenvalue weighted by molar-refractivity contribution is 0.118. The number of methoxy groups -OCH3 is 1. The van der Waals surface area contributed by atoms with Crippen molar-refractivity contribution < 1.29 is 23.0 Å². The van der Waals surface area contributed by atoms with Gasteiger partial charge in [0.05, 0.1) is 36.8 Å². The minimum absolute atomic E-state index is 0.104. The van der Waals surface area contributed by atoms with Crippen molar-refractivity contribution in [3.05, 3.63) is 88.8 Å². The highest BCUT2D eigenvalue weighted by molar-refractivity contribution is 5.69. The maximum absolute atomic E-state index is 13.8. The van der Waals surface area contributed by atoms with Crippen molar-refractivity contribution in [2.75, 3.05) is 7.11 Å². The molecular formula is C25H22F3N5O2. The van der Waals surface area contributed by atoms with E-state index in [4.69, 9.17) is 4.74 Å². The topological polar surface area (TPSA) is 78.0 Å². The van der Waals surface area contributed by atoms with Gasteiger partial charge in [0.1, 0.15) is 11.6 Å². The van der Waals surface area contributed by atoms with Crippen LogP contribution in [0.5, 0.6) is 5.75 Å². The Hall–Kier alpha value is -3.92. The monoisotopic (exact) mass is 481 g/mol. The summed E-state index contributed by atoms with van der Waals surface area (Å²) in [5.74, 6) is -3.62. The van der Waals surface area contributed by atoms with E-state index in [1.165, 1.54) is 0 Å². The average Bonchev–Trinajstić information content (AvgIpc) is 3.46. The molecule has 2 aromatic heterocycles.